The summed E-state index contributed by atoms with van der Waals surface area (Å²) < 4.78 is 1.64. The van der Waals surface area contributed by atoms with E-state index in [-0.39, 0.29) is 11.8 Å². The third-order valence-electron chi connectivity index (χ3n) is 3.96. The Morgan fingerprint density at radius 1 is 1.55 bits per heavy atom. The molecular formula is C13H17N5O2. The third kappa shape index (κ3) is 2.31. The first-order valence-corrected chi connectivity index (χ1v) is 6.71. The van der Waals surface area contributed by atoms with Gasteiger partial charge in [0.2, 0.25) is 0 Å². The Bertz CT molecular complexity index is 647. The van der Waals surface area contributed by atoms with Gasteiger partial charge in [-0.15, -0.1) is 0 Å². The number of rotatable bonds is 5. The Balaban J connectivity index is 1.79. The van der Waals surface area contributed by atoms with E-state index in [0.29, 0.717) is 12.3 Å². The van der Waals surface area contributed by atoms with Crippen molar-refractivity contribution in [2.24, 2.45) is 5.41 Å². The smallest absolute Gasteiger partial charge is 0.303 e. The first kappa shape index (κ1) is 12.8. The summed E-state index contributed by atoms with van der Waals surface area (Å²) in [6.45, 7) is 2.54. The summed E-state index contributed by atoms with van der Waals surface area (Å²) in [6, 6.07) is 1.90. The number of nitrogens with zero attached hydrogens (tertiary/aromatic N) is 4. The molecule has 0 bridgehead atoms. The topological polar surface area (TPSA) is 92.4 Å². The Morgan fingerprint density at radius 2 is 2.35 bits per heavy atom. The van der Waals surface area contributed by atoms with Crippen LogP contribution < -0.4 is 5.32 Å². The van der Waals surface area contributed by atoms with Gasteiger partial charge < -0.3 is 10.4 Å². The van der Waals surface area contributed by atoms with Crippen LogP contribution in [0.3, 0.4) is 0 Å². The summed E-state index contributed by atoms with van der Waals surface area (Å²) in [5.41, 5.74) is 0.726. The zero-order valence-electron chi connectivity index (χ0n) is 11.3. The van der Waals surface area contributed by atoms with E-state index in [1.807, 2.05) is 13.0 Å². The molecule has 7 nitrogen and oxygen atoms in total. The number of nitrogens with one attached hydrogen (secondary N) is 1. The van der Waals surface area contributed by atoms with E-state index < -0.39 is 5.97 Å². The molecule has 2 heterocycles. The molecule has 0 saturated heterocycles. The summed E-state index contributed by atoms with van der Waals surface area (Å²) in [6.07, 6.45) is 4.69. The number of aryl methyl sites for hydroxylation is 1. The van der Waals surface area contributed by atoms with Crippen molar-refractivity contribution >= 4 is 17.6 Å². The van der Waals surface area contributed by atoms with Gasteiger partial charge in [0.15, 0.2) is 0 Å². The summed E-state index contributed by atoms with van der Waals surface area (Å²) >= 11 is 0. The van der Waals surface area contributed by atoms with Gasteiger partial charge in [0.05, 0.1) is 6.42 Å². The van der Waals surface area contributed by atoms with E-state index in [9.17, 15) is 4.79 Å². The Hall–Kier alpha value is -2.18. The van der Waals surface area contributed by atoms with Crippen molar-refractivity contribution in [1.29, 1.82) is 0 Å². The maximum atomic E-state index is 11.0. The highest BCUT2D eigenvalue weighted by atomic mass is 16.4. The van der Waals surface area contributed by atoms with Crippen LogP contribution in [0.4, 0.5) is 5.82 Å². The van der Waals surface area contributed by atoms with Gasteiger partial charge in [0.1, 0.15) is 12.1 Å². The molecule has 0 amide bonds. The van der Waals surface area contributed by atoms with Gasteiger partial charge in [-0.05, 0) is 25.2 Å². The van der Waals surface area contributed by atoms with Crippen LogP contribution >= 0.6 is 0 Å². The number of aromatic nitrogens is 4. The molecule has 0 spiro atoms. The van der Waals surface area contributed by atoms with Crippen molar-refractivity contribution in [3.63, 3.8) is 0 Å². The van der Waals surface area contributed by atoms with Crippen molar-refractivity contribution in [1.82, 2.24) is 19.6 Å². The molecule has 0 aromatic carbocycles. The quantitative estimate of drug-likeness (QED) is 0.858. The zero-order valence-corrected chi connectivity index (χ0v) is 11.3. The van der Waals surface area contributed by atoms with E-state index in [1.54, 1.807) is 4.52 Å². The molecule has 3 rings (SSSR count). The van der Waals surface area contributed by atoms with E-state index >= 15 is 0 Å². The van der Waals surface area contributed by atoms with Gasteiger partial charge in [-0.25, -0.2) is 4.98 Å². The van der Waals surface area contributed by atoms with Crippen LogP contribution in [0.2, 0.25) is 0 Å². The average molecular weight is 275 g/mol. The molecule has 2 aromatic rings. The first-order chi connectivity index (χ1) is 9.58. The largest absolute Gasteiger partial charge is 0.481 e. The Kier molecular flexibility index (Phi) is 3.04. The molecule has 20 heavy (non-hydrogen) atoms. The monoisotopic (exact) mass is 275 g/mol. The Labute approximate surface area is 116 Å². The lowest BCUT2D eigenvalue weighted by Crippen LogP contribution is -2.38. The summed E-state index contributed by atoms with van der Waals surface area (Å²) in [5, 5.41) is 16.5. The number of fused-ring (bicyclic) bond motifs is 1. The van der Waals surface area contributed by atoms with Crippen LogP contribution in [0.5, 0.6) is 0 Å². The van der Waals surface area contributed by atoms with E-state index in [2.05, 4.69) is 20.4 Å². The molecule has 2 N–H and O–H groups in total. The summed E-state index contributed by atoms with van der Waals surface area (Å²) in [5.74, 6) is 0.623. The van der Waals surface area contributed by atoms with Crippen LogP contribution in [0.25, 0.3) is 5.78 Å². The van der Waals surface area contributed by atoms with Gasteiger partial charge in [0, 0.05) is 18.3 Å². The lowest BCUT2D eigenvalue weighted by Gasteiger charge is -2.41. The molecular weight excluding hydrogens is 258 g/mol. The second-order valence-corrected chi connectivity index (χ2v) is 5.53. The number of hydrogen-bond donors (Lipinski definition) is 2. The fraction of sp³-hybridized carbons (Fsp3) is 0.538. The number of aliphatic carboxylic acids is 1. The van der Waals surface area contributed by atoms with Crippen molar-refractivity contribution in [3.05, 3.63) is 18.1 Å². The average Bonchev–Trinajstić information content (AvgIpc) is 2.79. The second-order valence-electron chi connectivity index (χ2n) is 5.53. The maximum absolute atomic E-state index is 11.0. The van der Waals surface area contributed by atoms with Gasteiger partial charge in [0.25, 0.3) is 5.78 Å². The van der Waals surface area contributed by atoms with Crippen molar-refractivity contribution in [2.75, 3.05) is 11.9 Å². The number of anilines is 1. The molecule has 2 aromatic heterocycles. The highest BCUT2D eigenvalue weighted by Gasteiger charge is 2.38. The highest BCUT2D eigenvalue weighted by Crippen LogP contribution is 2.43. The predicted octanol–water partition coefficient (Wildman–Crippen LogP) is 1.49. The van der Waals surface area contributed by atoms with E-state index in [0.717, 1.165) is 30.8 Å². The minimum atomic E-state index is -0.733. The standard InChI is InChI=1S/C13H17N5O2/c1-9-5-10(18-12(17-9)15-8-16-18)14-7-13(3-2-4-13)6-11(19)20/h5,8,14H,2-4,6-7H2,1H3,(H,19,20). The van der Waals surface area contributed by atoms with Crippen LogP contribution in [-0.4, -0.2) is 37.2 Å². The first-order valence-electron chi connectivity index (χ1n) is 6.71. The molecule has 1 aliphatic rings. The number of carbonyl (C=O) groups is 1. The van der Waals surface area contributed by atoms with Crippen molar-refractivity contribution in [2.45, 2.75) is 32.6 Å². The molecule has 0 unspecified atom stereocenters. The molecule has 1 fully saturated rings. The normalized spacial score (nSPS) is 16.9. The predicted molar refractivity (Wildman–Crippen MR) is 72.5 cm³/mol. The van der Waals surface area contributed by atoms with Crippen LogP contribution in [0.1, 0.15) is 31.4 Å². The van der Waals surface area contributed by atoms with Gasteiger partial charge in [-0.2, -0.15) is 14.6 Å². The lowest BCUT2D eigenvalue weighted by atomic mass is 9.66. The molecule has 106 valence electrons. The minimum absolute atomic E-state index is 0.129. The number of carboxylic acids is 1. The van der Waals surface area contributed by atoms with Crippen LogP contribution in [-0.2, 0) is 4.79 Å². The molecule has 1 aliphatic carbocycles. The Morgan fingerprint density at radius 3 is 3.00 bits per heavy atom. The van der Waals surface area contributed by atoms with Gasteiger partial charge >= 0.3 is 5.97 Å². The molecule has 0 aliphatic heterocycles. The fourth-order valence-electron chi connectivity index (χ4n) is 2.75. The van der Waals surface area contributed by atoms with Crippen LogP contribution in [0, 0.1) is 12.3 Å². The summed E-state index contributed by atoms with van der Waals surface area (Å²) in [4.78, 5) is 19.3. The number of carboxylic acid groups (broad SMARTS) is 1. The molecule has 1 saturated carbocycles. The van der Waals surface area contributed by atoms with E-state index in [1.165, 1.54) is 6.33 Å². The highest BCUT2D eigenvalue weighted by molar-refractivity contribution is 5.68. The fourth-order valence-corrected chi connectivity index (χ4v) is 2.75. The zero-order chi connectivity index (χ0) is 14.2. The molecule has 7 heteroatoms. The second kappa shape index (κ2) is 4.73. The van der Waals surface area contributed by atoms with Gasteiger partial charge in [-0.3, -0.25) is 4.79 Å². The maximum Gasteiger partial charge on any atom is 0.303 e. The van der Waals surface area contributed by atoms with Crippen molar-refractivity contribution < 1.29 is 9.90 Å². The SMILES string of the molecule is Cc1cc(NCC2(CC(=O)O)CCC2)n2ncnc2n1. The van der Waals surface area contributed by atoms with Crippen molar-refractivity contribution in [3.8, 4) is 0 Å². The minimum Gasteiger partial charge on any atom is -0.481 e. The lowest BCUT2D eigenvalue weighted by molar-refractivity contribution is -0.141. The summed E-state index contributed by atoms with van der Waals surface area (Å²) in [7, 11) is 0. The molecule has 0 radical (unpaired) electrons. The molecule has 0 atom stereocenters. The van der Waals surface area contributed by atoms with Crippen LogP contribution in [0.15, 0.2) is 12.4 Å². The van der Waals surface area contributed by atoms with E-state index in [4.69, 9.17) is 5.11 Å². The number of hydrogen-bond acceptors (Lipinski definition) is 5. The van der Waals surface area contributed by atoms with Gasteiger partial charge in [-0.1, -0.05) is 6.42 Å². The third-order valence-corrected chi connectivity index (χ3v) is 3.96.